The first-order valence-corrected chi connectivity index (χ1v) is 12.3. The number of halogens is 1. The molecule has 0 saturated carbocycles. The number of benzene rings is 2. The van der Waals surface area contributed by atoms with Gasteiger partial charge in [-0.2, -0.15) is 5.10 Å². The molecule has 0 radical (unpaired) electrons. The molecule has 2 amide bonds. The molecular formula is C26H29ClN4O3. The lowest BCUT2D eigenvalue weighted by Gasteiger charge is -2.39. The molecule has 3 heterocycles. The van der Waals surface area contributed by atoms with Crippen LogP contribution in [0.5, 0.6) is 0 Å². The van der Waals surface area contributed by atoms with Crippen LogP contribution in [0.3, 0.4) is 0 Å². The second-order valence-corrected chi connectivity index (χ2v) is 9.74. The fourth-order valence-electron chi connectivity index (χ4n) is 4.78. The van der Waals surface area contributed by atoms with Gasteiger partial charge in [0.1, 0.15) is 0 Å². The first-order valence-electron chi connectivity index (χ1n) is 11.9. The molecule has 2 aliphatic rings. The van der Waals surface area contributed by atoms with Crippen molar-refractivity contribution in [1.29, 1.82) is 0 Å². The fourth-order valence-corrected chi connectivity index (χ4v) is 4.91. The first kappa shape index (κ1) is 22.9. The van der Waals surface area contributed by atoms with Crippen molar-refractivity contribution in [3.63, 3.8) is 0 Å². The fraction of sp³-hybridized carbons (Fsp3) is 0.423. The van der Waals surface area contributed by atoms with Gasteiger partial charge in [-0.15, -0.1) is 0 Å². The number of carbonyl (C=O) groups is 2. The van der Waals surface area contributed by atoms with E-state index >= 15 is 0 Å². The van der Waals surface area contributed by atoms with E-state index in [0.717, 1.165) is 48.9 Å². The summed E-state index contributed by atoms with van der Waals surface area (Å²) in [5.74, 6) is 0.310. The average Bonchev–Trinajstić information content (AvgIpc) is 3.24. The Balaban J connectivity index is 1.19. The maximum absolute atomic E-state index is 12.8. The van der Waals surface area contributed by atoms with Crippen molar-refractivity contribution in [2.75, 3.05) is 26.2 Å². The molecule has 7 nitrogen and oxygen atoms in total. The van der Waals surface area contributed by atoms with Crippen LogP contribution in [-0.2, 0) is 11.3 Å². The molecule has 8 heteroatoms. The minimum Gasteiger partial charge on any atom is -0.376 e. The minimum atomic E-state index is -0.0725. The molecule has 2 aliphatic heterocycles. The number of aromatic nitrogens is 2. The van der Waals surface area contributed by atoms with Crippen LogP contribution in [0.4, 0.5) is 0 Å². The number of hydrogen-bond donors (Lipinski definition) is 1. The average molecular weight is 481 g/mol. The number of rotatable bonds is 6. The highest BCUT2D eigenvalue weighted by atomic mass is 35.5. The molecule has 0 spiro atoms. The maximum Gasteiger partial charge on any atom is 0.253 e. The number of hydrogen-bond acceptors (Lipinski definition) is 4. The van der Waals surface area contributed by atoms with Gasteiger partial charge in [-0.05, 0) is 68.1 Å². The van der Waals surface area contributed by atoms with E-state index in [-0.39, 0.29) is 17.9 Å². The molecule has 5 rings (SSSR count). The zero-order valence-electron chi connectivity index (χ0n) is 19.3. The first-order chi connectivity index (χ1) is 16.5. The molecular weight excluding hydrogens is 452 g/mol. The number of nitrogens with one attached hydrogen (secondary N) is 1. The number of fused-ring (bicyclic) bond motifs is 1. The van der Waals surface area contributed by atoms with Gasteiger partial charge < -0.3 is 15.0 Å². The minimum absolute atomic E-state index is 0.0312. The quantitative estimate of drug-likeness (QED) is 0.577. The highest BCUT2D eigenvalue weighted by Gasteiger charge is 2.31. The van der Waals surface area contributed by atoms with Crippen LogP contribution < -0.4 is 5.32 Å². The molecule has 34 heavy (non-hydrogen) atoms. The van der Waals surface area contributed by atoms with E-state index < -0.39 is 0 Å². The SMILES string of the molecule is Cc1c(C(=O)NC[C@H]2CCCCO2)ccc2nn(CC3CN(C(=O)c4ccc(Cl)cc4)C3)cc12. The van der Waals surface area contributed by atoms with Crippen molar-refractivity contribution >= 4 is 34.3 Å². The number of likely N-dealkylation sites (tertiary alicyclic amines) is 1. The zero-order valence-corrected chi connectivity index (χ0v) is 20.1. The summed E-state index contributed by atoms with van der Waals surface area (Å²) in [6, 6.07) is 10.8. The summed E-state index contributed by atoms with van der Waals surface area (Å²) in [5, 5.41) is 9.33. The second-order valence-electron chi connectivity index (χ2n) is 9.30. The lowest BCUT2D eigenvalue weighted by molar-refractivity contribution is 0.0169. The van der Waals surface area contributed by atoms with Crippen LogP contribution >= 0.6 is 11.6 Å². The highest BCUT2D eigenvalue weighted by molar-refractivity contribution is 6.30. The third-order valence-electron chi connectivity index (χ3n) is 6.80. The number of ether oxygens (including phenoxy) is 1. The van der Waals surface area contributed by atoms with Crippen molar-refractivity contribution in [2.45, 2.75) is 38.8 Å². The van der Waals surface area contributed by atoms with Gasteiger partial charge in [-0.1, -0.05) is 11.6 Å². The van der Waals surface area contributed by atoms with E-state index in [1.54, 1.807) is 24.3 Å². The normalized spacial score (nSPS) is 18.6. The van der Waals surface area contributed by atoms with Gasteiger partial charge in [0.25, 0.3) is 11.8 Å². The van der Waals surface area contributed by atoms with Crippen LogP contribution in [0.25, 0.3) is 10.9 Å². The third-order valence-corrected chi connectivity index (χ3v) is 7.05. The summed E-state index contributed by atoms with van der Waals surface area (Å²) < 4.78 is 7.65. The van der Waals surface area contributed by atoms with Crippen molar-refractivity contribution in [2.24, 2.45) is 5.92 Å². The van der Waals surface area contributed by atoms with Crippen LogP contribution in [0.2, 0.25) is 5.02 Å². The predicted molar refractivity (Wildman–Crippen MR) is 131 cm³/mol. The summed E-state index contributed by atoms with van der Waals surface area (Å²) in [6.45, 7) is 5.43. The largest absolute Gasteiger partial charge is 0.376 e. The van der Waals surface area contributed by atoms with E-state index in [4.69, 9.17) is 21.4 Å². The molecule has 2 aromatic carbocycles. The summed E-state index contributed by atoms with van der Waals surface area (Å²) in [5.41, 5.74) is 3.13. The Bertz CT molecular complexity index is 1190. The predicted octanol–water partition coefficient (Wildman–Crippen LogP) is 4.07. The van der Waals surface area contributed by atoms with Gasteiger partial charge in [0, 0.05) is 66.4 Å². The van der Waals surface area contributed by atoms with Gasteiger partial charge in [-0.3, -0.25) is 14.3 Å². The summed E-state index contributed by atoms with van der Waals surface area (Å²) >= 11 is 5.91. The highest BCUT2D eigenvalue weighted by Crippen LogP contribution is 2.25. The molecule has 0 unspecified atom stereocenters. The second kappa shape index (κ2) is 9.76. The summed E-state index contributed by atoms with van der Waals surface area (Å²) in [7, 11) is 0. The van der Waals surface area contributed by atoms with E-state index in [2.05, 4.69) is 5.32 Å². The molecule has 2 fully saturated rings. The van der Waals surface area contributed by atoms with Crippen LogP contribution in [0, 0.1) is 12.8 Å². The molecule has 1 aromatic heterocycles. The molecule has 2 saturated heterocycles. The molecule has 0 bridgehead atoms. The third kappa shape index (κ3) is 4.81. The van der Waals surface area contributed by atoms with E-state index in [1.807, 2.05) is 34.8 Å². The van der Waals surface area contributed by atoms with E-state index in [0.29, 0.717) is 41.7 Å². The van der Waals surface area contributed by atoms with Gasteiger partial charge >= 0.3 is 0 Å². The number of nitrogens with zero attached hydrogens (tertiary/aromatic N) is 3. The summed E-state index contributed by atoms with van der Waals surface area (Å²) in [4.78, 5) is 27.2. The van der Waals surface area contributed by atoms with E-state index in [1.165, 1.54) is 0 Å². The number of carbonyl (C=O) groups excluding carboxylic acids is 2. The lowest BCUT2D eigenvalue weighted by Crippen LogP contribution is -2.51. The van der Waals surface area contributed by atoms with Crippen LogP contribution in [-0.4, -0.2) is 58.8 Å². The molecule has 178 valence electrons. The Hall–Kier alpha value is -2.90. The lowest BCUT2D eigenvalue weighted by atomic mass is 9.99. The van der Waals surface area contributed by atoms with Gasteiger partial charge in [0.05, 0.1) is 11.6 Å². The zero-order chi connectivity index (χ0) is 23.7. The van der Waals surface area contributed by atoms with Crippen molar-refractivity contribution < 1.29 is 14.3 Å². The van der Waals surface area contributed by atoms with Crippen molar-refractivity contribution in [1.82, 2.24) is 20.0 Å². The smallest absolute Gasteiger partial charge is 0.253 e. The Kier molecular flexibility index (Phi) is 6.57. The van der Waals surface area contributed by atoms with Crippen molar-refractivity contribution in [3.05, 3.63) is 64.3 Å². The standard InChI is InChI=1S/C26H29ClN4O3/c1-17-22(25(32)28-12-21-4-2-3-11-34-21)9-10-24-23(17)16-31(29-24)15-18-13-30(14-18)26(33)19-5-7-20(27)8-6-19/h5-10,16,18,21H,2-4,11-15H2,1H3,(H,28,32)/t21-/m1/s1. The van der Waals surface area contributed by atoms with Crippen LogP contribution in [0.1, 0.15) is 45.5 Å². The Morgan fingerprint density at radius 1 is 1.15 bits per heavy atom. The topological polar surface area (TPSA) is 76.5 Å². The monoisotopic (exact) mass is 480 g/mol. The van der Waals surface area contributed by atoms with Gasteiger partial charge in [0.2, 0.25) is 0 Å². The number of amides is 2. The Morgan fingerprint density at radius 2 is 1.94 bits per heavy atom. The van der Waals surface area contributed by atoms with Gasteiger partial charge in [0.15, 0.2) is 0 Å². The molecule has 0 aliphatic carbocycles. The van der Waals surface area contributed by atoms with Crippen molar-refractivity contribution in [3.8, 4) is 0 Å². The summed E-state index contributed by atoms with van der Waals surface area (Å²) in [6.07, 6.45) is 5.36. The van der Waals surface area contributed by atoms with Crippen LogP contribution in [0.15, 0.2) is 42.6 Å². The molecule has 1 N–H and O–H groups in total. The molecule has 3 aromatic rings. The Labute approximate surface area is 204 Å². The molecule has 1 atom stereocenters. The van der Waals surface area contributed by atoms with E-state index in [9.17, 15) is 9.59 Å². The van der Waals surface area contributed by atoms with Gasteiger partial charge in [-0.25, -0.2) is 0 Å². The number of aryl methyl sites for hydroxylation is 1. The Morgan fingerprint density at radius 3 is 2.68 bits per heavy atom. The maximum atomic E-state index is 12.8.